The molecule has 0 aromatic carbocycles. The fourth-order valence-electron chi connectivity index (χ4n) is 2.51. The molecule has 0 aliphatic heterocycles. The minimum Gasteiger partial charge on any atom is -0.392 e. The predicted octanol–water partition coefficient (Wildman–Crippen LogP) is 2.56. The van der Waals surface area contributed by atoms with Crippen LogP contribution in [0.2, 0.25) is 0 Å². The molecule has 88 valence electrons. The maximum atomic E-state index is 9.23. The molecule has 0 amide bonds. The van der Waals surface area contributed by atoms with Crippen molar-refractivity contribution in [3.63, 3.8) is 0 Å². The number of pyridine rings is 1. The number of aliphatic hydroxyl groups is 1. The molecule has 1 atom stereocenters. The summed E-state index contributed by atoms with van der Waals surface area (Å²) in [5.74, 6) is 0.770. The second kappa shape index (κ2) is 5.30. The van der Waals surface area contributed by atoms with Crippen LogP contribution in [-0.2, 0) is 6.61 Å². The predicted molar refractivity (Wildman–Crippen MR) is 65.2 cm³/mol. The summed E-state index contributed by atoms with van der Waals surface area (Å²) in [6.07, 6.45) is 8.88. The first-order valence-corrected chi connectivity index (χ1v) is 6.11. The highest BCUT2D eigenvalue weighted by Gasteiger charge is 2.21. The molecule has 1 aliphatic carbocycles. The van der Waals surface area contributed by atoms with Crippen molar-refractivity contribution in [2.24, 2.45) is 5.92 Å². The average molecular weight is 220 g/mol. The maximum absolute atomic E-state index is 9.23. The zero-order chi connectivity index (χ0) is 11.4. The first-order chi connectivity index (χ1) is 7.81. The van der Waals surface area contributed by atoms with Gasteiger partial charge in [0, 0.05) is 17.8 Å². The second-order valence-corrected chi connectivity index (χ2v) is 4.67. The van der Waals surface area contributed by atoms with Crippen LogP contribution in [0.15, 0.2) is 18.5 Å². The van der Waals surface area contributed by atoms with Crippen LogP contribution in [0.4, 0.5) is 5.69 Å². The fourth-order valence-corrected chi connectivity index (χ4v) is 2.51. The number of hydrogen-bond acceptors (Lipinski definition) is 3. The molecule has 16 heavy (non-hydrogen) atoms. The molecule has 3 heteroatoms. The lowest BCUT2D eigenvalue weighted by Crippen LogP contribution is -2.24. The Labute approximate surface area is 96.9 Å². The van der Waals surface area contributed by atoms with E-state index in [1.54, 1.807) is 12.4 Å². The first kappa shape index (κ1) is 11.4. The summed E-state index contributed by atoms with van der Waals surface area (Å²) in [4.78, 5) is 4.10. The third-order valence-electron chi connectivity index (χ3n) is 3.57. The molecule has 1 aromatic rings. The minimum atomic E-state index is 0.0717. The van der Waals surface area contributed by atoms with Crippen molar-refractivity contribution in [3.05, 3.63) is 24.0 Å². The van der Waals surface area contributed by atoms with Crippen LogP contribution in [-0.4, -0.2) is 16.1 Å². The van der Waals surface area contributed by atoms with E-state index >= 15 is 0 Å². The molecule has 1 unspecified atom stereocenters. The van der Waals surface area contributed by atoms with Crippen molar-refractivity contribution >= 4 is 5.69 Å². The van der Waals surface area contributed by atoms with Gasteiger partial charge in [0.05, 0.1) is 18.5 Å². The van der Waals surface area contributed by atoms with Crippen molar-refractivity contribution in [2.75, 3.05) is 5.32 Å². The molecular weight excluding hydrogens is 200 g/mol. The number of hydrogen-bond donors (Lipinski definition) is 2. The van der Waals surface area contributed by atoms with Crippen molar-refractivity contribution < 1.29 is 5.11 Å². The van der Waals surface area contributed by atoms with Crippen LogP contribution in [0.5, 0.6) is 0 Å². The number of aliphatic hydroxyl groups excluding tert-OH is 1. The monoisotopic (exact) mass is 220 g/mol. The molecule has 0 spiro atoms. The van der Waals surface area contributed by atoms with E-state index < -0.39 is 0 Å². The Morgan fingerprint density at radius 2 is 2.25 bits per heavy atom. The van der Waals surface area contributed by atoms with E-state index in [0.717, 1.165) is 17.2 Å². The third kappa shape index (κ3) is 2.53. The average Bonchev–Trinajstić information content (AvgIpc) is 2.83. The standard InChI is InChI=1S/C13H20N2O/c1-10(11-4-2-3-5-11)15-13-8-14-7-6-12(13)9-16/h6-8,10-11,15-16H,2-5,9H2,1H3. The number of nitrogens with zero attached hydrogens (tertiary/aromatic N) is 1. The van der Waals surface area contributed by atoms with Gasteiger partial charge in [-0.05, 0) is 31.7 Å². The largest absolute Gasteiger partial charge is 0.392 e. The zero-order valence-electron chi connectivity index (χ0n) is 9.82. The van der Waals surface area contributed by atoms with E-state index in [1.807, 2.05) is 6.07 Å². The Kier molecular flexibility index (Phi) is 3.78. The van der Waals surface area contributed by atoms with E-state index in [4.69, 9.17) is 0 Å². The third-order valence-corrected chi connectivity index (χ3v) is 3.57. The molecular formula is C13H20N2O. The number of anilines is 1. The zero-order valence-corrected chi connectivity index (χ0v) is 9.82. The van der Waals surface area contributed by atoms with Gasteiger partial charge in [0.25, 0.3) is 0 Å². The van der Waals surface area contributed by atoms with Crippen molar-refractivity contribution in [1.82, 2.24) is 4.98 Å². The van der Waals surface area contributed by atoms with Gasteiger partial charge in [-0.1, -0.05) is 12.8 Å². The molecule has 3 nitrogen and oxygen atoms in total. The number of aromatic nitrogens is 1. The highest BCUT2D eigenvalue weighted by atomic mass is 16.3. The molecule has 1 saturated carbocycles. The molecule has 2 rings (SSSR count). The molecule has 1 heterocycles. The molecule has 0 radical (unpaired) electrons. The van der Waals surface area contributed by atoms with Crippen LogP contribution < -0.4 is 5.32 Å². The first-order valence-electron chi connectivity index (χ1n) is 6.11. The highest BCUT2D eigenvalue weighted by Crippen LogP contribution is 2.29. The normalized spacial score (nSPS) is 18.6. The molecule has 0 saturated heterocycles. The van der Waals surface area contributed by atoms with E-state index in [1.165, 1.54) is 25.7 Å². The number of rotatable bonds is 4. The van der Waals surface area contributed by atoms with Crippen molar-refractivity contribution in [1.29, 1.82) is 0 Å². The summed E-state index contributed by atoms with van der Waals surface area (Å²) < 4.78 is 0. The molecule has 1 fully saturated rings. The lowest BCUT2D eigenvalue weighted by Gasteiger charge is -2.22. The van der Waals surface area contributed by atoms with Crippen LogP contribution in [0.3, 0.4) is 0 Å². The summed E-state index contributed by atoms with van der Waals surface area (Å²) in [6, 6.07) is 2.33. The van der Waals surface area contributed by atoms with Gasteiger partial charge in [0.2, 0.25) is 0 Å². The minimum absolute atomic E-state index is 0.0717. The lowest BCUT2D eigenvalue weighted by atomic mass is 9.99. The Morgan fingerprint density at radius 1 is 1.50 bits per heavy atom. The maximum Gasteiger partial charge on any atom is 0.0703 e. The van der Waals surface area contributed by atoms with Crippen molar-refractivity contribution in [2.45, 2.75) is 45.3 Å². The highest BCUT2D eigenvalue weighted by molar-refractivity contribution is 5.49. The summed E-state index contributed by atoms with van der Waals surface area (Å²) in [6.45, 7) is 2.30. The Morgan fingerprint density at radius 3 is 2.94 bits per heavy atom. The van der Waals surface area contributed by atoms with E-state index in [9.17, 15) is 5.11 Å². The summed E-state index contributed by atoms with van der Waals surface area (Å²) in [7, 11) is 0. The van der Waals surface area contributed by atoms with Gasteiger partial charge in [-0.15, -0.1) is 0 Å². The smallest absolute Gasteiger partial charge is 0.0703 e. The Balaban J connectivity index is 2.01. The molecule has 0 bridgehead atoms. The lowest BCUT2D eigenvalue weighted by molar-refractivity contribution is 0.282. The van der Waals surface area contributed by atoms with Gasteiger partial charge >= 0.3 is 0 Å². The van der Waals surface area contributed by atoms with Gasteiger partial charge in [-0.25, -0.2) is 0 Å². The van der Waals surface area contributed by atoms with E-state index in [2.05, 4.69) is 17.2 Å². The number of nitrogens with one attached hydrogen (secondary N) is 1. The van der Waals surface area contributed by atoms with Gasteiger partial charge in [-0.3, -0.25) is 4.98 Å². The molecule has 1 aromatic heterocycles. The topological polar surface area (TPSA) is 45.2 Å². The Bertz CT molecular complexity index is 334. The Hall–Kier alpha value is -1.09. The van der Waals surface area contributed by atoms with Gasteiger partial charge in [-0.2, -0.15) is 0 Å². The SMILES string of the molecule is CC(Nc1cnccc1CO)C1CCCC1. The summed E-state index contributed by atoms with van der Waals surface area (Å²) >= 11 is 0. The van der Waals surface area contributed by atoms with Crippen LogP contribution >= 0.6 is 0 Å². The second-order valence-electron chi connectivity index (χ2n) is 4.67. The molecule has 1 aliphatic rings. The van der Waals surface area contributed by atoms with Crippen LogP contribution in [0.1, 0.15) is 38.2 Å². The fraction of sp³-hybridized carbons (Fsp3) is 0.615. The van der Waals surface area contributed by atoms with E-state index in [-0.39, 0.29) is 6.61 Å². The quantitative estimate of drug-likeness (QED) is 0.819. The van der Waals surface area contributed by atoms with Crippen LogP contribution in [0, 0.1) is 5.92 Å². The van der Waals surface area contributed by atoms with Gasteiger partial charge < -0.3 is 10.4 Å². The molecule has 2 N–H and O–H groups in total. The summed E-state index contributed by atoms with van der Waals surface area (Å²) in [5, 5.41) is 12.7. The van der Waals surface area contributed by atoms with Crippen LogP contribution in [0.25, 0.3) is 0 Å². The van der Waals surface area contributed by atoms with E-state index in [0.29, 0.717) is 6.04 Å². The van der Waals surface area contributed by atoms with Gasteiger partial charge in [0.1, 0.15) is 0 Å². The van der Waals surface area contributed by atoms with Crippen molar-refractivity contribution in [3.8, 4) is 0 Å². The van der Waals surface area contributed by atoms with Gasteiger partial charge in [0.15, 0.2) is 0 Å². The summed E-state index contributed by atoms with van der Waals surface area (Å²) in [5.41, 5.74) is 1.91.